The molecule has 0 radical (unpaired) electrons. The predicted molar refractivity (Wildman–Crippen MR) is 73.7 cm³/mol. The van der Waals surface area contributed by atoms with Crippen LogP contribution < -0.4 is 5.32 Å². The highest BCUT2D eigenvalue weighted by Gasteiger charge is 2.19. The number of rotatable bonds is 4. The van der Waals surface area contributed by atoms with Crippen LogP contribution in [0, 0.1) is 0 Å². The Labute approximate surface area is 106 Å². The summed E-state index contributed by atoms with van der Waals surface area (Å²) in [4.78, 5) is 0. The number of nitrogens with one attached hydrogen (secondary N) is 1. The minimum Gasteiger partial charge on any atom is -0.309 e. The van der Waals surface area contributed by atoms with Crippen LogP contribution >= 0.6 is 0 Å². The van der Waals surface area contributed by atoms with Crippen LogP contribution in [0.15, 0.2) is 24.3 Å². The standard InChI is InChI=1S/C14H21NOS/c1-11(17(2)16)10-15-14-9-5-7-12-6-3-4-8-13(12)14/h3-4,6,8,11,14-15H,5,7,9-10H2,1-2H3. The molecule has 1 aromatic carbocycles. The van der Waals surface area contributed by atoms with Gasteiger partial charge in [-0.15, -0.1) is 0 Å². The average Bonchev–Trinajstić information content (AvgIpc) is 2.35. The van der Waals surface area contributed by atoms with Gasteiger partial charge in [-0.1, -0.05) is 24.3 Å². The lowest BCUT2D eigenvalue weighted by Gasteiger charge is -2.27. The van der Waals surface area contributed by atoms with Gasteiger partial charge in [0.05, 0.1) is 0 Å². The van der Waals surface area contributed by atoms with Crippen LogP contribution in [0.1, 0.15) is 36.9 Å². The highest BCUT2D eigenvalue weighted by Crippen LogP contribution is 2.29. The van der Waals surface area contributed by atoms with E-state index in [1.54, 1.807) is 6.26 Å². The van der Waals surface area contributed by atoms with Crippen molar-refractivity contribution in [2.75, 3.05) is 12.8 Å². The van der Waals surface area contributed by atoms with Crippen molar-refractivity contribution in [1.82, 2.24) is 5.32 Å². The van der Waals surface area contributed by atoms with Crippen LogP contribution in [0.25, 0.3) is 0 Å². The first-order chi connectivity index (χ1) is 8.18. The van der Waals surface area contributed by atoms with Gasteiger partial charge in [0, 0.05) is 34.9 Å². The quantitative estimate of drug-likeness (QED) is 0.890. The fourth-order valence-electron chi connectivity index (χ4n) is 2.39. The van der Waals surface area contributed by atoms with Crippen molar-refractivity contribution in [2.24, 2.45) is 0 Å². The molecule has 0 spiro atoms. The van der Waals surface area contributed by atoms with Gasteiger partial charge in [-0.2, -0.15) is 0 Å². The molecule has 0 saturated carbocycles. The molecule has 1 aliphatic rings. The lowest BCUT2D eigenvalue weighted by molar-refractivity contribution is 0.461. The second kappa shape index (κ2) is 5.78. The molecule has 1 aliphatic carbocycles. The zero-order chi connectivity index (χ0) is 12.3. The number of aryl methyl sites for hydroxylation is 1. The summed E-state index contributed by atoms with van der Waals surface area (Å²) in [5.74, 6) is 0. The summed E-state index contributed by atoms with van der Waals surface area (Å²) < 4.78 is 11.3. The van der Waals surface area contributed by atoms with Crippen molar-refractivity contribution in [3.63, 3.8) is 0 Å². The third kappa shape index (κ3) is 3.17. The van der Waals surface area contributed by atoms with Crippen molar-refractivity contribution in [2.45, 2.75) is 37.5 Å². The second-order valence-corrected chi connectivity index (χ2v) is 6.66. The van der Waals surface area contributed by atoms with Gasteiger partial charge in [0.2, 0.25) is 0 Å². The molecule has 0 amide bonds. The van der Waals surface area contributed by atoms with Crippen molar-refractivity contribution < 1.29 is 4.21 Å². The van der Waals surface area contributed by atoms with Gasteiger partial charge in [-0.3, -0.25) is 4.21 Å². The van der Waals surface area contributed by atoms with Crippen molar-refractivity contribution in [1.29, 1.82) is 0 Å². The lowest BCUT2D eigenvalue weighted by atomic mass is 9.88. The second-order valence-electron chi connectivity index (χ2n) is 4.86. The van der Waals surface area contributed by atoms with E-state index in [-0.39, 0.29) is 5.25 Å². The molecule has 0 heterocycles. The van der Waals surface area contributed by atoms with E-state index in [9.17, 15) is 4.21 Å². The van der Waals surface area contributed by atoms with Gasteiger partial charge in [0.25, 0.3) is 0 Å². The molecular formula is C14H21NOS. The van der Waals surface area contributed by atoms with Crippen LogP contribution in [0.3, 0.4) is 0 Å². The van der Waals surface area contributed by atoms with Crippen LogP contribution in [-0.4, -0.2) is 22.3 Å². The first kappa shape index (κ1) is 12.8. The molecule has 0 bridgehead atoms. The molecule has 1 aromatic rings. The normalized spacial score (nSPS) is 22.8. The van der Waals surface area contributed by atoms with Crippen molar-refractivity contribution >= 4 is 10.8 Å². The molecule has 2 nitrogen and oxygen atoms in total. The minimum atomic E-state index is -0.735. The molecular weight excluding hydrogens is 230 g/mol. The largest absolute Gasteiger partial charge is 0.309 e. The highest BCUT2D eigenvalue weighted by atomic mass is 32.2. The summed E-state index contributed by atoms with van der Waals surface area (Å²) in [7, 11) is -0.735. The van der Waals surface area contributed by atoms with E-state index < -0.39 is 10.8 Å². The van der Waals surface area contributed by atoms with E-state index in [1.165, 1.54) is 30.4 Å². The highest BCUT2D eigenvalue weighted by molar-refractivity contribution is 7.84. The van der Waals surface area contributed by atoms with Gasteiger partial charge in [0.15, 0.2) is 0 Å². The molecule has 17 heavy (non-hydrogen) atoms. The molecule has 1 N–H and O–H groups in total. The maximum absolute atomic E-state index is 11.3. The Kier molecular flexibility index (Phi) is 4.35. The monoisotopic (exact) mass is 251 g/mol. The fourth-order valence-corrected chi connectivity index (χ4v) is 2.72. The first-order valence-electron chi connectivity index (χ1n) is 6.32. The molecule has 3 heteroatoms. The van der Waals surface area contributed by atoms with Crippen LogP contribution in [-0.2, 0) is 17.2 Å². The molecule has 0 saturated heterocycles. The summed E-state index contributed by atoms with van der Waals surface area (Å²) in [5, 5.41) is 3.79. The Morgan fingerprint density at radius 2 is 2.24 bits per heavy atom. The third-order valence-electron chi connectivity index (χ3n) is 3.59. The average molecular weight is 251 g/mol. The van der Waals surface area contributed by atoms with E-state index in [0.717, 1.165) is 6.54 Å². The molecule has 0 fully saturated rings. The maximum Gasteiger partial charge on any atom is 0.0441 e. The van der Waals surface area contributed by atoms with Gasteiger partial charge >= 0.3 is 0 Å². The molecule has 0 aromatic heterocycles. The Hall–Kier alpha value is -0.670. The van der Waals surface area contributed by atoms with Crippen molar-refractivity contribution in [3.8, 4) is 0 Å². The van der Waals surface area contributed by atoms with Gasteiger partial charge < -0.3 is 5.32 Å². The van der Waals surface area contributed by atoms with E-state index in [0.29, 0.717) is 6.04 Å². The van der Waals surface area contributed by atoms with E-state index in [1.807, 2.05) is 6.92 Å². The Bertz CT molecular complexity index is 405. The SMILES string of the molecule is CC(CNC1CCCc2ccccc21)S(C)=O. The van der Waals surface area contributed by atoms with Crippen molar-refractivity contribution in [3.05, 3.63) is 35.4 Å². The van der Waals surface area contributed by atoms with Crippen LogP contribution in [0.5, 0.6) is 0 Å². The Morgan fingerprint density at radius 1 is 1.47 bits per heavy atom. The number of benzene rings is 1. The summed E-state index contributed by atoms with van der Waals surface area (Å²) in [6.07, 6.45) is 5.42. The van der Waals surface area contributed by atoms with Crippen LogP contribution in [0.4, 0.5) is 0 Å². The fraction of sp³-hybridized carbons (Fsp3) is 0.571. The lowest BCUT2D eigenvalue weighted by Crippen LogP contribution is -2.32. The summed E-state index contributed by atoms with van der Waals surface area (Å²) in [6, 6.07) is 9.13. The zero-order valence-corrected chi connectivity index (χ0v) is 11.4. The summed E-state index contributed by atoms with van der Waals surface area (Å²) in [5.41, 5.74) is 2.91. The maximum atomic E-state index is 11.3. The number of fused-ring (bicyclic) bond motifs is 1. The van der Waals surface area contributed by atoms with Gasteiger partial charge in [-0.25, -0.2) is 0 Å². The number of hydrogen-bond acceptors (Lipinski definition) is 2. The third-order valence-corrected chi connectivity index (χ3v) is 4.89. The Balaban J connectivity index is 2.01. The molecule has 3 atom stereocenters. The predicted octanol–water partition coefficient (Wildman–Crippen LogP) is 2.42. The molecule has 0 aliphatic heterocycles. The van der Waals surface area contributed by atoms with Gasteiger partial charge in [-0.05, 0) is 37.3 Å². The zero-order valence-electron chi connectivity index (χ0n) is 10.6. The molecule has 2 rings (SSSR count). The summed E-state index contributed by atoms with van der Waals surface area (Å²) >= 11 is 0. The summed E-state index contributed by atoms with van der Waals surface area (Å²) in [6.45, 7) is 2.87. The Morgan fingerprint density at radius 3 is 3.00 bits per heavy atom. The smallest absolute Gasteiger partial charge is 0.0441 e. The van der Waals surface area contributed by atoms with Gasteiger partial charge in [0.1, 0.15) is 0 Å². The molecule has 3 unspecified atom stereocenters. The minimum absolute atomic E-state index is 0.226. The van der Waals surface area contributed by atoms with E-state index in [2.05, 4.69) is 29.6 Å². The topological polar surface area (TPSA) is 29.1 Å². The van der Waals surface area contributed by atoms with E-state index in [4.69, 9.17) is 0 Å². The number of hydrogen-bond donors (Lipinski definition) is 1. The first-order valence-corrected chi connectivity index (χ1v) is 7.94. The molecule has 94 valence electrons. The van der Waals surface area contributed by atoms with Crippen LogP contribution in [0.2, 0.25) is 0 Å². The van der Waals surface area contributed by atoms with E-state index >= 15 is 0 Å².